The Hall–Kier alpha value is -2.75. The van der Waals surface area contributed by atoms with E-state index in [4.69, 9.17) is 11.6 Å². The quantitative estimate of drug-likeness (QED) is 0.310. The fourth-order valence-electron chi connectivity index (χ4n) is 2.75. The summed E-state index contributed by atoms with van der Waals surface area (Å²) in [5, 5.41) is 5.18. The van der Waals surface area contributed by atoms with Gasteiger partial charge in [0.05, 0.1) is 16.8 Å². The number of nitrogens with one attached hydrogen (secondary N) is 2. The molecule has 0 fully saturated rings. The number of carbonyl (C=O) groups excluding carboxylic acids is 1. The Morgan fingerprint density at radius 3 is 2.73 bits per heavy atom. The highest BCUT2D eigenvalue weighted by Crippen LogP contribution is 2.31. The summed E-state index contributed by atoms with van der Waals surface area (Å²) >= 11 is 8.11. The van der Waals surface area contributed by atoms with Crippen LogP contribution in [0.1, 0.15) is 0 Å². The Kier molecular flexibility index (Phi) is 5.85. The number of benzene rings is 2. The zero-order valence-electron chi connectivity index (χ0n) is 15.0. The number of rotatable bonds is 5. The summed E-state index contributed by atoms with van der Waals surface area (Å²) < 4.78 is 26.9. The van der Waals surface area contributed by atoms with Crippen LogP contribution >= 0.6 is 34.7 Å². The van der Waals surface area contributed by atoms with E-state index in [-0.39, 0.29) is 28.0 Å². The number of halogens is 3. The summed E-state index contributed by atoms with van der Waals surface area (Å²) in [7, 11) is 0. The minimum atomic E-state index is -0.599. The molecule has 0 atom stereocenters. The fraction of sp³-hybridized carbons (Fsp3) is 0.0500. The van der Waals surface area contributed by atoms with Crippen molar-refractivity contribution in [1.82, 2.24) is 9.97 Å². The molecule has 0 aliphatic rings. The maximum absolute atomic E-state index is 13.7. The molecule has 0 spiro atoms. The number of hydrogen-bond donors (Lipinski definition) is 2. The number of nitrogens with zero attached hydrogens (tertiary/aromatic N) is 1. The molecule has 0 bridgehead atoms. The van der Waals surface area contributed by atoms with Crippen molar-refractivity contribution >= 4 is 56.5 Å². The highest BCUT2D eigenvalue weighted by atomic mass is 35.5. The van der Waals surface area contributed by atoms with Gasteiger partial charge in [-0.05, 0) is 35.9 Å². The molecular weight excluding hydrogens is 452 g/mol. The number of H-pyrrole nitrogens is 1. The Balaban J connectivity index is 1.51. The molecule has 0 aliphatic carbocycles. The van der Waals surface area contributed by atoms with Crippen LogP contribution in [0.4, 0.5) is 14.5 Å². The van der Waals surface area contributed by atoms with Gasteiger partial charge in [0.1, 0.15) is 16.5 Å². The summed E-state index contributed by atoms with van der Waals surface area (Å²) in [6.07, 6.45) is 0. The monoisotopic (exact) mass is 463 g/mol. The lowest BCUT2D eigenvalue weighted by Crippen LogP contribution is -2.16. The van der Waals surface area contributed by atoms with Crippen molar-refractivity contribution < 1.29 is 13.6 Å². The van der Waals surface area contributed by atoms with Gasteiger partial charge in [-0.1, -0.05) is 35.5 Å². The Morgan fingerprint density at radius 1 is 1.20 bits per heavy atom. The average molecular weight is 464 g/mol. The van der Waals surface area contributed by atoms with Crippen molar-refractivity contribution in [2.75, 3.05) is 11.1 Å². The van der Waals surface area contributed by atoms with Crippen molar-refractivity contribution in [2.24, 2.45) is 0 Å². The molecule has 0 saturated heterocycles. The van der Waals surface area contributed by atoms with E-state index in [9.17, 15) is 18.4 Å². The summed E-state index contributed by atoms with van der Waals surface area (Å²) in [5.41, 5.74) is 0.990. The van der Waals surface area contributed by atoms with Gasteiger partial charge < -0.3 is 10.3 Å². The third kappa shape index (κ3) is 4.38. The molecule has 2 heterocycles. The van der Waals surface area contributed by atoms with E-state index in [1.165, 1.54) is 35.6 Å². The van der Waals surface area contributed by atoms with Gasteiger partial charge in [-0.2, -0.15) is 0 Å². The first-order chi connectivity index (χ1) is 14.4. The lowest BCUT2D eigenvalue weighted by Gasteiger charge is -2.06. The molecule has 4 aromatic rings. The first-order valence-electron chi connectivity index (χ1n) is 8.56. The summed E-state index contributed by atoms with van der Waals surface area (Å²) in [4.78, 5) is 32.3. The molecule has 4 rings (SSSR count). The van der Waals surface area contributed by atoms with Crippen LogP contribution in [0.5, 0.6) is 0 Å². The lowest BCUT2D eigenvalue weighted by molar-refractivity contribution is -0.113. The van der Waals surface area contributed by atoms with Crippen molar-refractivity contribution in [2.45, 2.75) is 5.16 Å². The summed E-state index contributed by atoms with van der Waals surface area (Å²) in [6.45, 7) is 0. The van der Waals surface area contributed by atoms with Gasteiger partial charge in [-0.25, -0.2) is 13.8 Å². The number of amides is 1. The highest BCUT2D eigenvalue weighted by molar-refractivity contribution is 7.99. The molecule has 0 aliphatic heterocycles. The van der Waals surface area contributed by atoms with E-state index in [0.717, 1.165) is 17.8 Å². The number of fused-ring (bicyclic) bond motifs is 1. The predicted molar refractivity (Wildman–Crippen MR) is 116 cm³/mol. The topological polar surface area (TPSA) is 74.8 Å². The first kappa shape index (κ1) is 20.5. The van der Waals surface area contributed by atoms with Crippen LogP contribution in [-0.4, -0.2) is 21.6 Å². The Bertz CT molecular complexity index is 1310. The van der Waals surface area contributed by atoms with Crippen LogP contribution in [0.3, 0.4) is 0 Å². The molecule has 1 amide bonds. The van der Waals surface area contributed by atoms with E-state index in [0.29, 0.717) is 26.4 Å². The summed E-state index contributed by atoms with van der Waals surface area (Å²) in [5.74, 6) is -1.52. The molecule has 0 unspecified atom stereocenters. The van der Waals surface area contributed by atoms with Crippen molar-refractivity contribution in [3.63, 3.8) is 0 Å². The minimum absolute atomic E-state index is 0.0211. The van der Waals surface area contributed by atoms with Crippen molar-refractivity contribution in [1.29, 1.82) is 0 Å². The van der Waals surface area contributed by atoms with Gasteiger partial charge in [0, 0.05) is 16.0 Å². The van der Waals surface area contributed by atoms with Crippen LogP contribution in [0.15, 0.2) is 57.8 Å². The Morgan fingerprint density at radius 2 is 1.97 bits per heavy atom. The minimum Gasteiger partial charge on any atom is -0.323 e. The molecule has 152 valence electrons. The second-order valence-corrected chi connectivity index (χ2v) is 8.43. The van der Waals surface area contributed by atoms with Gasteiger partial charge in [0.25, 0.3) is 5.56 Å². The van der Waals surface area contributed by atoms with Gasteiger partial charge in [0.2, 0.25) is 5.91 Å². The number of carbonyl (C=O) groups is 1. The third-order valence-electron chi connectivity index (χ3n) is 4.12. The van der Waals surface area contributed by atoms with Gasteiger partial charge in [0.15, 0.2) is 5.16 Å². The van der Waals surface area contributed by atoms with Gasteiger partial charge >= 0.3 is 0 Å². The van der Waals surface area contributed by atoms with Crippen LogP contribution in [0, 0.1) is 11.6 Å². The third-order valence-corrected chi connectivity index (χ3v) is 6.10. The number of aromatic nitrogens is 2. The second kappa shape index (κ2) is 8.55. The van der Waals surface area contributed by atoms with Crippen molar-refractivity contribution in [3.05, 3.63) is 74.9 Å². The molecule has 2 N–H and O–H groups in total. The molecule has 2 aromatic heterocycles. The zero-order chi connectivity index (χ0) is 21.3. The number of thioether (sulfide) groups is 1. The molecule has 5 nitrogen and oxygen atoms in total. The molecule has 0 radical (unpaired) electrons. The molecule has 30 heavy (non-hydrogen) atoms. The van der Waals surface area contributed by atoms with Crippen LogP contribution < -0.4 is 10.9 Å². The van der Waals surface area contributed by atoms with E-state index in [1.54, 1.807) is 17.5 Å². The van der Waals surface area contributed by atoms with Crippen LogP contribution in [0.25, 0.3) is 21.3 Å². The number of thiophene rings is 1. The smallest absolute Gasteiger partial charge is 0.260 e. The molecule has 2 aromatic carbocycles. The normalized spacial score (nSPS) is 11.0. The second-order valence-electron chi connectivity index (χ2n) is 6.17. The maximum atomic E-state index is 13.7. The summed E-state index contributed by atoms with van der Waals surface area (Å²) in [6, 6.07) is 9.70. The predicted octanol–water partition coefficient (Wildman–Crippen LogP) is 5.31. The van der Waals surface area contributed by atoms with Crippen molar-refractivity contribution in [3.8, 4) is 11.1 Å². The van der Waals surface area contributed by atoms with E-state index in [1.807, 2.05) is 0 Å². The average Bonchev–Trinajstić information content (AvgIpc) is 3.14. The maximum Gasteiger partial charge on any atom is 0.260 e. The number of aromatic amines is 1. The SMILES string of the molecule is O=C(CSc1nc2scc(-c3ccc(F)cc3)c2c(=O)[nH]1)Nc1cc(Cl)ccc1F. The fourth-order valence-corrected chi connectivity index (χ4v) is 4.59. The van der Waals surface area contributed by atoms with E-state index in [2.05, 4.69) is 15.3 Å². The van der Waals surface area contributed by atoms with Gasteiger partial charge in [-0.3, -0.25) is 9.59 Å². The van der Waals surface area contributed by atoms with Crippen LogP contribution in [0.2, 0.25) is 5.02 Å². The molecule has 10 heteroatoms. The number of hydrogen-bond acceptors (Lipinski definition) is 5. The molecule has 0 saturated carbocycles. The lowest BCUT2D eigenvalue weighted by atomic mass is 10.1. The highest BCUT2D eigenvalue weighted by Gasteiger charge is 2.15. The van der Waals surface area contributed by atoms with Gasteiger partial charge in [-0.15, -0.1) is 11.3 Å². The first-order valence-corrected chi connectivity index (χ1v) is 10.8. The molecular formula is C20H12ClF2N3O2S2. The largest absolute Gasteiger partial charge is 0.323 e. The standard InChI is InChI=1S/C20H12ClF2N3O2S2/c21-11-3-6-14(23)15(7-11)24-16(27)9-30-20-25-18(28)17-13(8-29-19(17)26-20)10-1-4-12(22)5-2-10/h1-8H,9H2,(H,24,27)(H,25,26,28). The van der Waals surface area contributed by atoms with E-state index < -0.39 is 11.7 Å². The Labute approximate surface area is 182 Å². The number of anilines is 1. The van der Waals surface area contributed by atoms with E-state index >= 15 is 0 Å². The van der Waals surface area contributed by atoms with Crippen LogP contribution in [-0.2, 0) is 4.79 Å². The zero-order valence-corrected chi connectivity index (χ0v) is 17.4.